The van der Waals surface area contributed by atoms with Crippen molar-refractivity contribution in [3.8, 4) is 16.9 Å². The van der Waals surface area contributed by atoms with E-state index in [0.29, 0.717) is 29.7 Å². The molecule has 5 aromatic rings. The first-order chi connectivity index (χ1) is 36.0. The number of fused-ring (bicyclic) bond motifs is 1. The van der Waals surface area contributed by atoms with E-state index < -0.39 is 87.2 Å². The first kappa shape index (κ1) is 60.0. The van der Waals surface area contributed by atoms with Crippen molar-refractivity contribution in [2.24, 2.45) is 5.92 Å². The number of aromatic nitrogens is 3. The van der Waals surface area contributed by atoms with E-state index in [1.165, 1.54) is 42.0 Å². The molecule has 0 radical (unpaired) electrons. The van der Waals surface area contributed by atoms with E-state index in [-0.39, 0.29) is 53.2 Å². The number of pyridine rings is 1. The molecule has 4 N–H and O–H groups in total. The summed E-state index contributed by atoms with van der Waals surface area (Å²) >= 11 is 0. The minimum absolute atomic E-state index is 0.0370. The number of ether oxygens (including phenoxy) is 5. The molecular formula is C54H69FN8O13S. The van der Waals surface area contributed by atoms with Crippen molar-refractivity contribution in [2.75, 3.05) is 30.1 Å². The average Bonchev–Trinajstić information content (AvgIpc) is 3.76. The number of hydrogen-bond donors (Lipinski definition) is 4. The van der Waals surface area contributed by atoms with Crippen LogP contribution in [-0.2, 0) is 43.2 Å². The molecule has 2 aromatic heterocycles. The molecule has 0 saturated heterocycles. The Hall–Kier alpha value is -7.82. The van der Waals surface area contributed by atoms with Gasteiger partial charge in [-0.1, -0.05) is 45.0 Å². The summed E-state index contributed by atoms with van der Waals surface area (Å²) in [5, 5.41) is 15.4. The van der Waals surface area contributed by atoms with Gasteiger partial charge >= 0.3 is 24.2 Å². The summed E-state index contributed by atoms with van der Waals surface area (Å²) in [5.41, 5.74) is 1.23. The number of amides is 5. The minimum atomic E-state index is -3.75. The Morgan fingerprint density at radius 2 is 1.42 bits per heavy atom. The molecule has 2 heterocycles. The summed E-state index contributed by atoms with van der Waals surface area (Å²) in [4.78, 5) is 85.9. The molecule has 21 nitrogen and oxygen atoms in total. The number of rotatable bonds is 21. The molecule has 0 aliphatic heterocycles. The first-order valence-electron chi connectivity index (χ1n) is 24.9. The Kier molecular flexibility index (Phi) is 20.1. The molecule has 77 heavy (non-hydrogen) atoms. The molecule has 5 amide bonds. The molecule has 4 atom stereocenters. The topological polar surface area (TPSA) is 264 Å². The number of sulfone groups is 1. The number of hydrogen-bond acceptors (Lipinski definition) is 15. The van der Waals surface area contributed by atoms with Crippen LogP contribution in [0.4, 0.5) is 36.1 Å². The third-order valence-corrected chi connectivity index (χ3v) is 12.5. The molecule has 0 spiro atoms. The van der Waals surface area contributed by atoms with Gasteiger partial charge in [-0.25, -0.2) is 41.4 Å². The van der Waals surface area contributed by atoms with Gasteiger partial charge in [0, 0.05) is 42.7 Å². The number of carbonyl (C=O) groups excluding carboxylic acids is 6. The smallest absolute Gasteiger partial charge is 0.424 e. The number of benzene rings is 3. The van der Waals surface area contributed by atoms with Crippen LogP contribution in [0.25, 0.3) is 16.8 Å². The number of carbonyl (C=O) groups is 6. The Bertz CT molecular complexity index is 3010. The van der Waals surface area contributed by atoms with Crippen LogP contribution in [0.3, 0.4) is 0 Å². The van der Waals surface area contributed by atoms with Gasteiger partial charge in [0.1, 0.15) is 34.9 Å². The summed E-state index contributed by atoms with van der Waals surface area (Å²) in [6.45, 7) is 17.0. The van der Waals surface area contributed by atoms with Gasteiger partial charge in [0.05, 0.1) is 23.6 Å². The molecule has 0 bridgehead atoms. The maximum atomic E-state index is 14.5. The fourth-order valence-corrected chi connectivity index (χ4v) is 8.04. The normalized spacial score (nSPS) is 13.3. The predicted octanol–water partition coefficient (Wildman–Crippen LogP) is 8.97. The Labute approximate surface area is 447 Å². The van der Waals surface area contributed by atoms with Crippen molar-refractivity contribution in [1.82, 2.24) is 30.5 Å². The van der Waals surface area contributed by atoms with E-state index in [1.54, 1.807) is 124 Å². The summed E-state index contributed by atoms with van der Waals surface area (Å²) in [7, 11) is -2.48. The minimum Gasteiger partial charge on any atom is -0.495 e. The second-order valence-corrected chi connectivity index (χ2v) is 22.4. The first-order valence-corrected chi connectivity index (χ1v) is 26.8. The van der Waals surface area contributed by atoms with Gasteiger partial charge in [-0.3, -0.25) is 9.59 Å². The highest BCUT2D eigenvalue weighted by molar-refractivity contribution is 7.90. The molecule has 416 valence electrons. The van der Waals surface area contributed by atoms with Crippen molar-refractivity contribution < 1.29 is 65.3 Å². The van der Waals surface area contributed by atoms with E-state index in [9.17, 15) is 41.6 Å². The van der Waals surface area contributed by atoms with Crippen LogP contribution < -0.4 is 30.9 Å². The zero-order valence-electron chi connectivity index (χ0n) is 45.4. The summed E-state index contributed by atoms with van der Waals surface area (Å²) in [6, 6.07) is 17.4. The van der Waals surface area contributed by atoms with Gasteiger partial charge in [0.15, 0.2) is 15.5 Å². The number of nitrogens with zero attached hydrogens (tertiary/aromatic N) is 4. The van der Waals surface area contributed by atoms with Crippen LogP contribution in [0.1, 0.15) is 106 Å². The maximum Gasteiger partial charge on any atom is 0.424 e. The second kappa shape index (κ2) is 25.8. The summed E-state index contributed by atoms with van der Waals surface area (Å²) < 4.78 is 67.9. The molecule has 23 heteroatoms. The van der Waals surface area contributed by atoms with Crippen LogP contribution in [0, 0.1) is 11.7 Å². The zero-order valence-corrected chi connectivity index (χ0v) is 46.2. The van der Waals surface area contributed by atoms with Crippen LogP contribution in [0.5, 0.6) is 5.75 Å². The second-order valence-electron chi connectivity index (χ2n) is 20.4. The number of esters is 1. The zero-order chi connectivity index (χ0) is 57.0. The highest BCUT2D eigenvalue weighted by Crippen LogP contribution is 2.36. The van der Waals surface area contributed by atoms with Gasteiger partial charge in [-0.2, -0.15) is 4.98 Å². The van der Waals surface area contributed by atoms with Crippen molar-refractivity contribution in [1.29, 1.82) is 0 Å². The lowest BCUT2D eigenvalue weighted by atomic mass is 10.00. The quantitative estimate of drug-likeness (QED) is 0.0231. The summed E-state index contributed by atoms with van der Waals surface area (Å²) in [6.07, 6.45) is -0.760. The Morgan fingerprint density at radius 1 is 0.779 bits per heavy atom. The monoisotopic (exact) mass is 1090 g/mol. The molecule has 3 aromatic carbocycles. The number of unbranched alkanes of at least 4 members (excludes halogenated alkanes) is 1. The standard InChI is InChI=1S/C54H69FN8O13S/c1-13-44(73-48(66)45(32(2)3)60-47(65)40(58-51(68)76-54(8,9)10)16-14-15-29-56-50(67)75-53(5,6)7)74-52(69)63(41-27-26-39(77(12,70)71)30-42(41)72-11)49-59-43-28-21-36(31-62(43)61-49)35-19-24-38(25-20-35)57-46(64)33(4)34-17-22-37(55)23-18-34/h17-28,30-33,40,44-45H,13-16,29H2,1-12H3,(H,56,67)(H,57,64)(H,58,68)(H,60,65)/t33-,40+,44?,45+/m1/s1. The van der Waals surface area contributed by atoms with Crippen molar-refractivity contribution in [3.05, 3.63) is 96.4 Å². The SMILES string of the molecule is CCC(OC(=O)[C@@H](NC(=O)[C@H](CCCCNC(=O)OC(C)(C)C)NC(=O)OC(C)(C)C)C(C)C)OC(=O)N(c1nc2ccc(-c3ccc(NC(=O)[C@H](C)c4ccc(F)cc4)cc3)cn2n1)c1ccc(S(C)(=O)=O)cc1OC. The molecule has 5 rings (SSSR count). The van der Waals surface area contributed by atoms with Crippen molar-refractivity contribution in [3.63, 3.8) is 0 Å². The molecule has 0 fully saturated rings. The Balaban J connectivity index is 1.36. The number of methoxy groups -OCH3 is 1. The number of nitrogens with one attached hydrogen (secondary N) is 4. The van der Waals surface area contributed by atoms with E-state index in [0.717, 1.165) is 16.7 Å². The number of halogens is 1. The van der Waals surface area contributed by atoms with Gasteiger partial charge in [0.2, 0.25) is 18.1 Å². The molecule has 0 saturated carbocycles. The van der Waals surface area contributed by atoms with Crippen LogP contribution in [-0.4, -0.2) is 109 Å². The predicted molar refractivity (Wildman–Crippen MR) is 285 cm³/mol. The maximum absolute atomic E-state index is 14.5. The summed E-state index contributed by atoms with van der Waals surface area (Å²) in [5.74, 6) is -3.84. The molecule has 1 unspecified atom stereocenters. The molecular weight excluding hydrogens is 1020 g/mol. The third kappa shape index (κ3) is 17.6. The lowest BCUT2D eigenvalue weighted by molar-refractivity contribution is -0.172. The van der Waals surface area contributed by atoms with E-state index in [1.807, 2.05) is 0 Å². The molecule has 0 aliphatic carbocycles. The van der Waals surface area contributed by atoms with Gasteiger partial charge in [-0.15, -0.1) is 5.10 Å². The fraction of sp³-hybridized carbons (Fsp3) is 0.444. The van der Waals surface area contributed by atoms with Crippen LogP contribution >= 0.6 is 0 Å². The third-order valence-electron chi connectivity index (χ3n) is 11.4. The largest absolute Gasteiger partial charge is 0.495 e. The number of anilines is 3. The molecule has 0 aliphatic rings. The fourth-order valence-electron chi connectivity index (χ4n) is 7.40. The number of alkyl carbamates (subject to hydrolysis) is 2. The lowest BCUT2D eigenvalue weighted by Crippen LogP contribution is -2.54. The highest BCUT2D eigenvalue weighted by atomic mass is 32.2. The van der Waals surface area contributed by atoms with Gasteiger partial charge in [-0.05, 0) is 133 Å². The lowest BCUT2D eigenvalue weighted by Gasteiger charge is -2.28. The van der Waals surface area contributed by atoms with Crippen molar-refractivity contribution >= 4 is 68.9 Å². The van der Waals surface area contributed by atoms with Gasteiger partial charge in [0.25, 0.3) is 5.95 Å². The van der Waals surface area contributed by atoms with E-state index >= 15 is 0 Å². The van der Waals surface area contributed by atoms with Crippen LogP contribution in [0.15, 0.2) is 90.0 Å². The average molecular weight is 1090 g/mol. The highest BCUT2D eigenvalue weighted by Gasteiger charge is 2.35. The van der Waals surface area contributed by atoms with E-state index in [4.69, 9.17) is 23.7 Å². The Morgan fingerprint density at radius 3 is 2.01 bits per heavy atom. The van der Waals surface area contributed by atoms with Crippen molar-refractivity contribution in [2.45, 2.75) is 135 Å². The van der Waals surface area contributed by atoms with Crippen LogP contribution in [0.2, 0.25) is 0 Å². The van der Waals surface area contributed by atoms with E-state index in [2.05, 4.69) is 31.3 Å². The van der Waals surface area contributed by atoms with Gasteiger partial charge < -0.3 is 45.0 Å².